The molecule has 0 bridgehead atoms. The van der Waals surface area contributed by atoms with Crippen LogP contribution < -0.4 is 10.1 Å². The maximum Gasteiger partial charge on any atom is 0.416 e. The quantitative estimate of drug-likeness (QED) is 0.262. The average molecular weight is 469 g/mol. The van der Waals surface area contributed by atoms with E-state index in [-0.39, 0.29) is 22.9 Å². The lowest BCUT2D eigenvalue weighted by Gasteiger charge is -2.12. The van der Waals surface area contributed by atoms with E-state index in [2.05, 4.69) is 9.50 Å². The van der Waals surface area contributed by atoms with Crippen molar-refractivity contribution in [1.82, 2.24) is 5.32 Å². The van der Waals surface area contributed by atoms with Crippen LogP contribution in [0.5, 0.6) is 5.75 Å². The van der Waals surface area contributed by atoms with E-state index in [0.717, 1.165) is 30.3 Å². The molecule has 2 aromatic carbocycles. The summed E-state index contributed by atoms with van der Waals surface area (Å²) in [6, 6.07) is 5.89. The van der Waals surface area contributed by atoms with E-state index in [4.69, 9.17) is 20.9 Å². The van der Waals surface area contributed by atoms with Crippen LogP contribution >= 0.6 is 11.6 Å². The Morgan fingerprint density at radius 1 is 1.27 bits per heavy atom. The highest BCUT2D eigenvalue weighted by atomic mass is 35.5. The van der Waals surface area contributed by atoms with E-state index in [1.807, 2.05) is 0 Å². The molecule has 162 valence electrons. The molecule has 0 aliphatic heterocycles. The molecule has 2 N–H and O–H groups in total. The van der Waals surface area contributed by atoms with Gasteiger partial charge in [0.05, 0.1) is 10.5 Å². The van der Waals surface area contributed by atoms with Gasteiger partial charge in [-0.1, -0.05) is 17.7 Å². The Labute approximate surface area is 174 Å². The highest BCUT2D eigenvalue weighted by molar-refractivity contribution is 7.74. The molecule has 0 aromatic heterocycles. The molecule has 0 radical (unpaired) electrons. The minimum Gasteiger partial charge on any atom is -0.489 e. The first-order valence-electron chi connectivity index (χ1n) is 7.78. The molecular weight excluding hydrogens is 457 g/mol. The summed E-state index contributed by atoms with van der Waals surface area (Å²) in [6.07, 6.45) is -4.56. The van der Waals surface area contributed by atoms with Gasteiger partial charge in [0.15, 0.2) is 0 Å². The maximum atomic E-state index is 12.7. The number of nitro benzene ring substituents is 1. The number of carbonyl (C=O) groups excluding carboxylic acids is 1. The first-order valence-corrected chi connectivity index (χ1v) is 9.19. The zero-order valence-electron chi connectivity index (χ0n) is 14.6. The summed E-state index contributed by atoms with van der Waals surface area (Å²) < 4.78 is 66.5. The minimum absolute atomic E-state index is 0.00614. The van der Waals surface area contributed by atoms with E-state index in [0.29, 0.717) is 0 Å². The third kappa shape index (κ3) is 6.38. The van der Waals surface area contributed by atoms with Gasteiger partial charge >= 0.3 is 17.5 Å². The van der Waals surface area contributed by atoms with Crippen LogP contribution in [-0.2, 0) is 28.3 Å². The normalized spacial score (nSPS) is 12.3. The van der Waals surface area contributed by atoms with Crippen LogP contribution in [0.25, 0.3) is 0 Å². The Hall–Kier alpha value is -2.74. The summed E-state index contributed by atoms with van der Waals surface area (Å²) >= 11 is 3.19. The van der Waals surface area contributed by atoms with E-state index < -0.39 is 51.9 Å². The fourth-order valence-corrected chi connectivity index (χ4v) is 2.58. The van der Waals surface area contributed by atoms with Crippen molar-refractivity contribution >= 4 is 34.6 Å². The molecule has 1 atom stereocenters. The number of ether oxygens (including phenoxy) is 1. The number of nitro groups is 1. The summed E-state index contributed by atoms with van der Waals surface area (Å²) in [7, 11) is 0. The number of carbonyl (C=O) groups is 1. The molecule has 30 heavy (non-hydrogen) atoms. The molecule has 0 spiro atoms. The molecule has 9 nitrogen and oxygen atoms in total. The Balaban J connectivity index is 2.17. The van der Waals surface area contributed by atoms with Gasteiger partial charge in [0.1, 0.15) is 24.7 Å². The lowest BCUT2D eigenvalue weighted by atomic mass is 10.1. The first kappa shape index (κ1) is 23.5. The zero-order chi connectivity index (χ0) is 22.5. The number of hydrogen-bond donors (Lipinski definition) is 2. The second kappa shape index (κ2) is 9.84. The number of rotatable bonds is 8. The van der Waals surface area contributed by atoms with Gasteiger partial charge in [0, 0.05) is 16.7 Å². The fourth-order valence-electron chi connectivity index (χ4n) is 2.19. The van der Waals surface area contributed by atoms with Gasteiger partial charge in [-0.15, -0.1) is 0 Å². The second-order valence-corrected chi connectivity index (χ2v) is 6.59. The van der Waals surface area contributed by atoms with Crippen molar-refractivity contribution < 1.29 is 40.6 Å². The summed E-state index contributed by atoms with van der Waals surface area (Å²) in [6.45, 7) is -0.964. The number of nitrogens with zero attached hydrogens (tertiary/aromatic N) is 1. The molecule has 0 fully saturated rings. The van der Waals surface area contributed by atoms with Crippen LogP contribution in [0.4, 0.5) is 18.9 Å². The summed E-state index contributed by atoms with van der Waals surface area (Å²) in [5.74, 6) is -0.987. The monoisotopic (exact) mass is 468 g/mol. The largest absolute Gasteiger partial charge is 0.489 e. The molecule has 2 rings (SSSR count). The van der Waals surface area contributed by atoms with E-state index in [9.17, 15) is 32.3 Å². The van der Waals surface area contributed by atoms with E-state index >= 15 is 0 Å². The fraction of sp³-hybridized carbons (Fsp3) is 0.188. The van der Waals surface area contributed by atoms with Crippen molar-refractivity contribution in [1.29, 1.82) is 0 Å². The van der Waals surface area contributed by atoms with E-state index in [1.54, 1.807) is 0 Å². The summed E-state index contributed by atoms with van der Waals surface area (Å²) in [5.41, 5.74) is -1.72. The highest BCUT2D eigenvalue weighted by Gasteiger charge is 2.31. The molecule has 0 saturated carbocycles. The molecule has 1 amide bonds. The smallest absolute Gasteiger partial charge is 0.416 e. The molecular formula is C16H12ClF3N2O7S. The summed E-state index contributed by atoms with van der Waals surface area (Å²) in [4.78, 5) is 22.4. The Bertz CT molecular complexity index is 988. The van der Waals surface area contributed by atoms with Crippen molar-refractivity contribution in [3.8, 4) is 5.75 Å². The van der Waals surface area contributed by atoms with Crippen molar-refractivity contribution in [3.05, 3.63) is 68.2 Å². The maximum absolute atomic E-state index is 12.7. The molecule has 1 unspecified atom stereocenters. The number of alkyl halides is 3. The minimum atomic E-state index is -4.56. The van der Waals surface area contributed by atoms with Crippen LogP contribution in [0.1, 0.15) is 21.5 Å². The number of benzene rings is 2. The predicted octanol–water partition coefficient (Wildman–Crippen LogP) is 3.69. The lowest BCUT2D eigenvalue weighted by Crippen LogP contribution is -2.27. The van der Waals surface area contributed by atoms with Crippen LogP contribution in [0.15, 0.2) is 36.4 Å². The first-order chi connectivity index (χ1) is 14.0. The van der Waals surface area contributed by atoms with Gasteiger partial charge in [0.2, 0.25) is 0 Å². The lowest BCUT2D eigenvalue weighted by molar-refractivity contribution is -0.385. The van der Waals surface area contributed by atoms with Crippen LogP contribution in [0.2, 0.25) is 5.02 Å². The third-order valence-corrected chi connectivity index (χ3v) is 4.25. The third-order valence-electron chi connectivity index (χ3n) is 3.58. The van der Waals surface area contributed by atoms with Crippen molar-refractivity contribution in [2.45, 2.75) is 12.8 Å². The molecule has 0 heterocycles. The Morgan fingerprint density at radius 3 is 2.53 bits per heavy atom. The second-order valence-electron chi connectivity index (χ2n) is 5.51. The summed E-state index contributed by atoms with van der Waals surface area (Å²) in [5, 5.41) is 13.0. The van der Waals surface area contributed by atoms with Crippen molar-refractivity contribution in [2.75, 3.05) is 6.73 Å². The highest BCUT2D eigenvalue weighted by Crippen LogP contribution is 2.32. The Morgan fingerprint density at radius 2 is 1.97 bits per heavy atom. The number of halogens is 4. The molecule has 14 heteroatoms. The molecule has 2 aromatic rings. The predicted molar refractivity (Wildman–Crippen MR) is 98.1 cm³/mol. The van der Waals surface area contributed by atoms with E-state index in [1.165, 1.54) is 6.07 Å². The SMILES string of the molecule is O=C(NCOS(=O)O)c1cc(OCc2ccc(C(F)(F)F)cc2Cl)ccc1[N+](=O)[O-]. The molecule has 0 aliphatic carbocycles. The average Bonchev–Trinajstić information content (AvgIpc) is 2.65. The van der Waals surface area contributed by atoms with Gasteiger partial charge in [-0.2, -0.15) is 17.4 Å². The van der Waals surface area contributed by atoms with Gasteiger partial charge < -0.3 is 10.1 Å². The van der Waals surface area contributed by atoms with Crippen LogP contribution in [0.3, 0.4) is 0 Å². The topological polar surface area (TPSA) is 128 Å². The van der Waals surface area contributed by atoms with Crippen LogP contribution in [0, 0.1) is 10.1 Å². The number of hydrogen-bond acceptors (Lipinski definition) is 6. The standard InChI is InChI=1S/C16H12ClF3N2O7S/c17-13-5-10(16(18,19)20)2-1-9(13)7-28-11-3-4-14(22(24)25)12(6-11)15(23)21-8-29-30(26)27/h1-6H,7-8H2,(H,21,23)(H,26,27). The van der Waals surface area contributed by atoms with Crippen LogP contribution in [-0.4, -0.2) is 26.3 Å². The van der Waals surface area contributed by atoms with Gasteiger partial charge in [-0.25, -0.2) is 4.18 Å². The molecule has 0 aliphatic rings. The zero-order valence-corrected chi connectivity index (χ0v) is 16.2. The Kier molecular flexibility index (Phi) is 7.72. The van der Waals surface area contributed by atoms with Crippen molar-refractivity contribution in [3.63, 3.8) is 0 Å². The van der Waals surface area contributed by atoms with Gasteiger partial charge in [0.25, 0.3) is 11.6 Å². The van der Waals surface area contributed by atoms with Gasteiger partial charge in [-0.3, -0.25) is 19.5 Å². The van der Waals surface area contributed by atoms with Crippen molar-refractivity contribution in [2.24, 2.45) is 0 Å². The molecule has 0 saturated heterocycles. The number of amides is 1. The van der Waals surface area contributed by atoms with Gasteiger partial charge in [-0.05, 0) is 24.3 Å². The number of nitrogens with one attached hydrogen (secondary N) is 1.